The topological polar surface area (TPSA) is 21.3 Å². The van der Waals surface area contributed by atoms with E-state index in [1.54, 1.807) is 0 Å². The average Bonchev–Trinajstić information content (AvgIpc) is 2.88. The van der Waals surface area contributed by atoms with Crippen LogP contribution < -0.4 is 5.32 Å². The molecule has 2 rings (SSSR count). The Morgan fingerprint density at radius 1 is 1.50 bits per heavy atom. The molecule has 0 spiro atoms. The van der Waals surface area contributed by atoms with Gasteiger partial charge < -0.3 is 10.1 Å². The quantitative estimate of drug-likeness (QED) is 0.689. The zero-order valence-electron chi connectivity index (χ0n) is 7.88. The lowest BCUT2D eigenvalue weighted by molar-refractivity contribution is 0.0131. The van der Waals surface area contributed by atoms with Crippen molar-refractivity contribution in [3.8, 4) is 0 Å². The molecule has 1 heterocycles. The van der Waals surface area contributed by atoms with E-state index in [1.165, 1.54) is 19.3 Å². The van der Waals surface area contributed by atoms with Gasteiger partial charge in [0.1, 0.15) is 0 Å². The Morgan fingerprint density at radius 3 is 2.92 bits per heavy atom. The minimum absolute atomic E-state index is 0.495. The van der Waals surface area contributed by atoms with Crippen molar-refractivity contribution in [3.05, 3.63) is 0 Å². The third kappa shape index (κ3) is 2.20. The summed E-state index contributed by atoms with van der Waals surface area (Å²) in [6.07, 6.45) is 4.68. The van der Waals surface area contributed by atoms with Crippen LogP contribution in [-0.4, -0.2) is 25.8 Å². The molecule has 2 fully saturated rings. The van der Waals surface area contributed by atoms with Crippen molar-refractivity contribution in [2.75, 3.05) is 19.7 Å². The van der Waals surface area contributed by atoms with Crippen molar-refractivity contribution < 1.29 is 4.74 Å². The van der Waals surface area contributed by atoms with Crippen molar-refractivity contribution in [1.29, 1.82) is 0 Å². The molecule has 70 valence electrons. The lowest BCUT2D eigenvalue weighted by Crippen LogP contribution is -2.39. The lowest BCUT2D eigenvalue weighted by atomic mass is 9.98. The third-order valence-electron chi connectivity index (χ3n) is 3.07. The Balaban J connectivity index is 1.69. The van der Waals surface area contributed by atoms with Crippen LogP contribution in [0.2, 0.25) is 0 Å². The second-order valence-electron chi connectivity index (χ2n) is 4.25. The lowest BCUT2D eigenvalue weighted by Gasteiger charge is -2.26. The number of morpholine rings is 1. The minimum Gasteiger partial charge on any atom is -0.376 e. The van der Waals surface area contributed by atoms with E-state index < -0.39 is 0 Å². The molecule has 0 aromatic heterocycles. The van der Waals surface area contributed by atoms with Gasteiger partial charge in [0.25, 0.3) is 0 Å². The predicted molar refractivity (Wildman–Crippen MR) is 49.1 cm³/mol. The van der Waals surface area contributed by atoms with E-state index in [-0.39, 0.29) is 0 Å². The van der Waals surface area contributed by atoms with Crippen LogP contribution in [-0.2, 0) is 4.74 Å². The summed E-state index contributed by atoms with van der Waals surface area (Å²) >= 11 is 0. The first-order valence-electron chi connectivity index (χ1n) is 5.18. The molecular weight excluding hydrogens is 150 g/mol. The van der Waals surface area contributed by atoms with Gasteiger partial charge >= 0.3 is 0 Å². The van der Waals surface area contributed by atoms with Crippen LogP contribution in [0.15, 0.2) is 0 Å². The van der Waals surface area contributed by atoms with E-state index in [4.69, 9.17) is 4.74 Å². The molecule has 2 unspecified atom stereocenters. The second kappa shape index (κ2) is 3.75. The van der Waals surface area contributed by atoms with E-state index in [2.05, 4.69) is 12.2 Å². The fraction of sp³-hybridized carbons (Fsp3) is 1.00. The molecule has 1 saturated carbocycles. The Bertz CT molecular complexity index is 139. The zero-order chi connectivity index (χ0) is 8.39. The fourth-order valence-electron chi connectivity index (χ4n) is 2.04. The first-order chi connectivity index (χ1) is 5.86. The smallest absolute Gasteiger partial charge is 0.0702 e. The monoisotopic (exact) mass is 169 g/mol. The first-order valence-corrected chi connectivity index (χ1v) is 5.18. The summed E-state index contributed by atoms with van der Waals surface area (Å²) < 4.78 is 5.66. The molecule has 0 bridgehead atoms. The van der Waals surface area contributed by atoms with Crippen LogP contribution in [0.3, 0.4) is 0 Å². The average molecular weight is 169 g/mol. The van der Waals surface area contributed by atoms with Crippen molar-refractivity contribution in [3.63, 3.8) is 0 Å². The summed E-state index contributed by atoms with van der Waals surface area (Å²) in [4.78, 5) is 0. The molecule has 2 atom stereocenters. The van der Waals surface area contributed by atoms with Crippen molar-refractivity contribution in [2.24, 2.45) is 11.8 Å². The molecule has 0 aromatic rings. The van der Waals surface area contributed by atoms with Crippen LogP contribution in [0.5, 0.6) is 0 Å². The van der Waals surface area contributed by atoms with Gasteiger partial charge in [0.2, 0.25) is 0 Å². The number of rotatable bonds is 3. The van der Waals surface area contributed by atoms with Crippen molar-refractivity contribution in [1.82, 2.24) is 5.32 Å². The second-order valence-corrected chi connectivity index (χ2v) is 4.25. The number of hydrogen-bond acceptors (Lipinski definition) is 2. The molecule has 12 heavy (non-hydrogen) atoms. The summed E-state index contributed by atoms with van der Waals surface area (Å²) in [6, 6.07) is 0. The summed E-state index contributed by atoms with van der Waals surface area (Å²) in [5.41, 5.74) is 0. The van der Waals surface area contributed by atoms with Gasteiger partial charge in [-0.25, -0.2) is 0 Å². The van der Waals surface area contributed by atoms with Gasteiger partial charge in [0.15, 0.2) is 0 Å². The minimum atomic E-state index is 0.495. The molecule has 1 aliphatic carbocycles. The molecule has 1 aliphatic heterocycles. The van der Waals surface area contributed by atoms with E-state index >= 15 is 0 Å². The maximum absolute atomic E-state index is 5.66. The van der Waals surface area contributed by atoms with Gasteiger partial charge in [-0.3, -0.25) is 0 Å². The largest absolute Gasteiger partial charge is 0.376 e. The summed E-state index contributed by atoms with van der Waals surface area (Å²) in [7, 11) is 0. The predicted octanol–water partition coefficient (Wildman–Crippen LogP) is 1.41. The van der Waals surface area contributed by atoms with Gasteiger partial charge in [0.05, 0.1) is 12.7 Å². The number of nitrogens with one attached hydrogen (secondary N) is 1. The van der Waals surface area contributed by atoms with Crippen LogP contribution in [0, 0.1) is 11.8 Å². The first kappa shape index (κ1) is 8.52. The Morgan fingerprint density at radius 2 is 2.33 bits per heavy atom. The maximum Gasteiger partial charge on any atom is 0.0702 e. The summed E-state index contributed by atoms with van der Waals surface area (Å²) in [6.45, 7) is 5.38. The molecular formula is C10H19NO. The van der Waals surface area contributed by atoms with Gasteiger partial charge in [0, 0.05) is 13.1 Å². The molecule has 0 aromatic carbocycles. The third-order valence-corrected chi connectivity index (χ3v) is 3.07. The van der Waals surface area contributed by atoms with Crippen molar-refractivity contribution in [2.45, 2.75) is 32.3 Å². The number of ether oxygens (including phenoxy) is 1. The standard InChI is InChI=1S/C10H19NO/c1-8(9-2-3-9)6-10-7-11-4-5-12-10/h8-11H,2-7H2,1H3. The van der Waals surface area contributed by atoms with Crippen LogP contribution in [0.25, 0.3) is 0 Å². The van der Waals surface area contributed by atoms with Crippen LogP contribution >= 0.6 is 0 Å². The normalized spacial score (nSPS) is 33.2. The van der Waals surface area contributed by atoms with Crippen molar-refractivity contribution >= 4 is 0 Å². The zero-order valence-corrected chi connectivity index (χ0v) is 7.88. The molecule has 1 N–H and O–H groups in total. The highest BCUT2D eigenvalue weighted by Crippen LogP contribution is 2.38. The Kier molecular flexibility index (Phi) is 2.66. The fourth-order valence-corrected chi connectivity index (χ4v) is 2.04. The maximum atomic E-state index is 5.66. The Labute approximate surface area is 74.7 Å². The van der Waals surface area contributed by atoms with Gasteiger partial charge in [-0.15, -0.1) is 0 Å². The van der Waals surface area contributed by atoms with E-state index in [1.807, 2.05) is 0 Å². The molecule has 2 aliphatic rings. The van der Waals surface area contributed by atoms with Crippen LogP contribution in [0.1, 0.15) is 26.2 Å². The van der Waals surface area contributed by atoms with Gasteiger partial charge in [-0.2, -0.15) is 0 Å². The van der Waals surface area contributed by atoms with Gasteiger partial charge in [-0.05, 0) is 31.1 Å². The van der Waals surface area contributed by atoms with E-state index in [0.29, 0.717) is 6.10 Å². The molecule has 0 amide bonds. The molecule has 2 nitrogen and oxygen atoms in total. The molecule has 2 heteroatoms. The van der Waals surface area contributed by atoms with E-state index in [0.717, 1.165) is 31.5 Å². The van der Waals surface area contributed by atoms with E-state index in [9.17, 15) is 0 Å². The summed E-state index contributed by atoms with van der Waals surface area (Å²) in [5.74, 6) is 1.91. The molecule has 1 saturated heterocycles. The highest BCUT2D eigenvalue weighted by molar-refractivity contribution is 4.81. The van der Waals surface area contributed by atoms with Gasteiger partial charge in [-0.1, -0.05) is 6.92 Å². The summed E-state index contributed by atoms with van der Waals surface area (Å²) in [5, 5.41) is 3.37. The molecule has 0 radical (unpaired) electrons. The Hall–Kier alpha value is -0.0800. The van der Waals surface area contributed by atoms with Crippen LogP contribution in [0.4, 0.5) is 0 Å². The highest BCUT2D eigenvalue weighted by Gasteiger charge is 2.30. The highest BCUT2D eigenvalue weighted by atomic mass is 16.5. The SMILES string of the molecule is CC(CC1CNCCO1)C1CC1. The number of hydrogen-bond donors (Lipinski definition) is 1.